The van der Waals surface area contributed by atoms with Gasteiger partial charge in [0.2, 0.25) is 11.8 Å². The number of hydrogen-bond acceptors (Lipinski definition) is 13. The number of fused-ring (bicyclic) bond motifs is 5. The molecule has 8 rings (SSSR count). The molecule has 3 aromatic rings. The van der Waals surface area contributed by atoms with Gasteiger partial charge in [-0.15, -0.1) is 0 Å². The summed E-state index contributed by atoms with van der Waals surface area (Å²) < 4.78 is 25.0. The van der Waals surface area contributed by atoms with E-state index in [2.05, 4.69) is 10.6 Å². The summed E-state index contributed by atoms with van der Waals surface area (Å²) in [5, 5.41) is 38.1. The molecule has 2 aliphatic carbocycles. The number of phenolic OH excluding ortho intramolecular Hbond substituents is 1. The third-order valence-corrected chi connectivity index (χ3v) is 12.4. The molecule has 5 aliphatic rings. The number of esters is 2. The van der Waals surface area contributed by atoms with Crippen LogP contribution in [0.5, 0.6) is 5.75 Å². The molecule has 330 valence electrons. The van der Waals surface area contributed by atoms with Crippen LogP contribution in [0, 0.1) is 5.41 Å². The van der Waals surface area contributed by atoms with Crippen molar-refractivity contribution in [1.82, 2.24) is 15.7 Å². The quantitative estimate of drug-likeness (QED) is 0.148. The predicted octanol–water partition coefficient (Wildman–Crippen LogP) is 3.19. The summed E-state index contributed by atoms with van der Waals surface area (Å²) >= 11 is 0. The second-order valence-corrected chi connectivity index (χ2v) is 18.1. The van der Waals surface area contributed by atoms with Crippen LogP contribution in [0.25, 0.3) is 6.08 Å². The highest BCUT2D eigenvalue weighted by molar-refractivity contribution is 5.96. The molecule has 3 aromatic carbocycles. The molecule has 0 aromatic heterocycles. The van der Waals surface area contributed by atoms with Crippen molar-refractivity contribution in [3.05, 3.63) is 107 Å². The number of rotatable bonds is 14. The molecule has 9 atom stereocenters. The molecule has 1 spiro atoms. The summed E-state index contributed by atoms with van der Waals surface area (Å²) in [7, 11) is 0. The van der Waals surface area contributed by atoms with E-state index in [1.165, 1.54) is 12.0 Å². The maximum atomic E-state index is 15.1. The van der Waals surface area contributed by atoms with Crippen LogP contribution in [-0.4, -0.2) is 111 Å². The van der Waals surface area contributed by atoms with E-state index in [1.54, 1.807) is 32.9 Å². The first-order chi connectivity index (χ1) is 29.6. The number of hydroxylamine groups is 2. The normalized spacial score (nSPS) is 27.3. The predicted molar refractivity (Wildman–Crippen MR) is 222 cm³/mol. The minimum atomic E-state index is -1.65. The van der Waals surface area contributed by atoms with Gasteiger partial charge in [-0.25, -0.2) is 0 Å². The Labute approximate surface area is 360 Å². The molecule has 4 fully saturated rings. The monoisotopic (exact) mass is 853 g/mol. The lowest BCUT2D eigenvalue weighted by molar-refractivity contribution is -0.217. The SMILES string of the molecule is CC(O)C(NC(=O)C12CC3OC(=O)C1N(Cc1ccc(C=CCc4ccccc4O)cc1)OC2C1OC2(Cc4ccccc4C2)OC31)C(=O)NC(CO)CCC(=O)OC(C)(C)C. The lowest BCUT2D eigenvalue weighted by Gasteiger charge is -2.49. The molecule has 2 bridgehead atoms. The van der Waals surface area contributed by atoms with Gasteiger partial charge in [0.05, 0.1) is 25.3 Å². The van der Waals surface area contributed by atoms with E-state index in [0.717, 1.165) is 27.8 Å². The molecule has 1 saturated carbocycles. The average molecular weight is 854 g/mol. The zero-order valence-corrected chi connectivity index (χ0v) is 35.3. The molecule has 3 heterocycles. The van der Waals surface area contributed by atoms with Gasteiger partial charge in [-0.2, -0.15) is 5.06 Å². The first-order valence-electron chi connectivity index (χ1n) is 21.3. The lowest BCUT2D eigenvalue weighted by Crippen LogP contribution is -2.71. The standard InChI is InChI=1S/C47H55N3O12/c1-27(52)37(42(55)48-33(26-51)20-21-36(54)59-45(2,3)4)49-44(57)47-24-35-38-39(61-46(60-38)22-31-12-5-6-13-32(31)23-46)41(47)62-50(40(47)43(56)58-35)25-29-18-16-28(17-19-29)10-9-14-30-11-7-8-15-34(30)53/h5-13,15-19,27,33,35,37-41,51-53H,14,20-26H2,1-4H3,(H,48,55)(H,49,57). The number of nitrogens with zero attached hydrogens (tertiary/aromatic N) is 1. The van der Waals surface area contributed by atoms with E-state index in [1.807, 2.05) is 72.8 Å². The fourth-order valence-electron chi connectivity index (χ4n) is 9.54. The summed E-state index contributed by atoms with van der Waals surface area (Å²) in [5.74, 6) is -3.55. The number of benzene rings is 3. The Kier molecular flexibility index (Phi) is 12.1. The molecule has 9 unspecified atom stereocenters. The number of carbonyl (C=O) groups is 4. The minimum absolute atomic E-state index is 0.00599. The van der Waals surface area contributed by atoms with Gasteiger partial charge >= 0.3 is 11.9 Å². The number of hydrogen-bond donors (Lipinski definition) is 5. The number of aliphatic hydroxyl groups is 2. The first-order valence-corrected chi connectivity index (χ1v) is 21.3. The number of aromatic hydroxyl groups is 1. The van der Waals surface area contributed by atoms with Gasteiger partial charge in [0.1, 0.15) is 47.2 Å². The molecular formula is C47H55N3O12. The van der Waals surface area contributed by atoms with E-state index in [-0.39, 0.29) is 31.6 Å². The van der Waals surface area contributed by atoms with E-state index in [4.69, 9.17) is 23.8 Å². The third-order valence-electron chi connectivity index (χ3n) is 12.4. The molecule has 5 N–H and O–H groups in total. The fraction of sp³-hybridized carbons (Fsp3) is 0.489. The highest BCUT2D eigenvalue weighted by atomic mass is 16.8. The molecule has 3 saturated heterocycles. The van der Waals surface area contributed by atoms with Crippen molar-refractivity contribution < 1.29 is 58.3 Å². The van der Waals surface area contributed by atoms with Crippen molar-refractivity contribution in [3.8, 4) is 5.75 Å². The van der Waals surface area contributed by atoms with E-state index in [0.29, 0.717) is 19.3 Å². The van der Waals surface area contributed by atoms with Crippen LogP contribution >= 0.6 is 0 Å². The fourth-order valence-corrected chi connectivity index (χ4v) is 9.54. The Morgan fingerprint density at radius 2 is 1.65 bits per heavy atom. The number of amides is 2. The second-order valence-electron chi connectivity index (χ2n) is 18.1. The van der Waals surface area contributed by atoms with Crippen LogP contribution in [0.1, 0.15) is 74.8 Å². The summed E-state index contributed by atoms with van der Waals surface area (Å²) in [6.45, 7) is 6.13. The van der Waals surface area contributed by atoms with Gasteiger partial charge in [0, 0.05) is 25.7 Å². The van der Waals surface area contributed by atoms with Crippen molar-refractivity contribution in [3.63, 3.8) is 0 Å². The van der Waals surface area contributed by atoms with Gasteiger partial charge < -0.3 is 44.9 Å². The summed E-state index contributed by atoms with van der Waals surface area (Å²) in [5.41, 5.74) is 2.27. The average Bonchev–Trinajstić information content (AvgIpc) is 3.90. The van der Waals surface area contributed by atoms with Crippen molar-refractivity contribution in [2.24, 2.45) is 5.41 Å². The Hall–Kier alpha value is -5.16. The molecule has 0 radical (unpaired) electrons. The number of allylic oxidation sites excluding steroid dienone is 1. The van der Waals surface area contributed by atoms with Crippen LogP contribution in [0.2, 0.25) is 0 Å². The maximum Gasteiger partial charge on any atom is 0.327 e. The van der Waals surface area contributed by atoms with Crippen molar-refractivity contribution >= 4 is 29.8 Å². The zero-order valence-electron chi connectivity index (χ0n) is 35.3. The van der Waals surface area contributed by atoms with Crippen LogP contribution in [-0.2, 0) is 68.8 Å². The first kappa shape index (κ1) is 43.5. The Bertz CT molecular complexity index is 2180. The maximum absolute atomic E-state index is 15.1. The summed E-state index contributed by atoms with van der Waals surface area (Å²) in [6.07, 6.45) is 0.349. The number of carbonyl (C=O) groups excluding carboxylic acids is 4. The Balaban J connectivity index is 1.04. The Morgan fingerprint density at radius 1 is 0.968 bits per heavy atom. The van der Waals surface area contributed by atoms with Gasteiger partial charge in [0.15, 0.2) is 11.8 Å². The summed E-state index contributed by atoms with van der Waals surface area (Å²) in [4.78, 5) is 62.2. The Morgan fingerprint density at radius 3 is 2.31 bits per heavy atom. The molecule has 62 heavy (non-hydrogen) atoms. The summed E-state index contributed by atoms with van der Waals surface area (Å²) in [6, 6.07) is 19.1. The van der Waals surface area contributed by atoms with Crippen LogP contribution in [0.3, 0.4) is 0 Å². The van der Waals surface area contributed by atoms with Crippen LogP contribution in [0.15, 0.2) is 78.9 Å². The number of nitrogens with one attached hydrogen (secondary N) is 2. The second kappa shape index (κ2) is 17.2. The van der Waals surface area contributed by atoms with Gasteiger partial charge in [-0.05, 0) is 74.4 Å². The van der Waals surface area contributed by atoms with E-state index in [9.17, 15) is 29.7 Å². The highest BCUT2D eigenvalue weighted by Crippen LogP contribution is 2.58. The largest absolute Gasteiger partial charge is 0.508 e. The van der Waals surface area contributed by atoms with Crippen molar-refractivity contribution in [2.75, 3.05) is 6.61 Å². The van der Waals surface area contributed by atoms with Gasteiger partial charge in [-0.3, -0.25) is 24.0 Å². The molecule has 15 heteroatoms. The van der Waals surface area contributed by atoms with E-state index >= 15 is 4.79 Å². The highest BCUT2D eigenvalue weighted by Gasteiger charge is 2.76. The van der Waals surface area contributed by atoms with Crippen LogP contribution in [0.4, 0.5) is 0 Å². The number of ether oxygens (including phenoxy) is 4. The topological polar surface area (TPSA) is 202 Å². The molecule has 2 amide bonds. The third kappa shape index (κ3) is 8.61. The zero-order chi connectivity index (χ0) is 44.0. The van der Waals surface area contributed by atoms with E-state index < -0.39 is 95.8 Å². The van der Waals surface area contributed by atoms with Crippen LogP contribution < -0.4 is 10.6 Å². The molecular weight excluding hydrogens is 799 g/mol. The van der Waals surface area contributed by atoms with Crippen molar-refractivity contribution in [1.29, 1.82) is 0 Å². The number of aliphatic hydroxyl groups excluding tert-OH is 2. The smallest absolute Gasteiger partial charge is 0.327 e. The number of para-hydroxylation sites is 1. The lowest BCUT2D eigenvalue weighted by atomic mass is 9.62. The molecule has 3 aliphatic heterocycles. The van der Waals surface area contributed by atoms with Gasteiger partial charge in [-0.1, -0.05) is 78.9 Å². The van der Waals surface area contributed by atoms with Crippen molar-refractivity contribution in [2.45, 2.75) is 133 Å². The van der Waals surface area contributed by atoms with Gasteiger partial charge in [0.25, 0.3) is 0 Å². The molecule has 15 nitrogen and oxygen atoms in total. The number of phenols is 1. The minimum Gasteiger partial charge on any atom is -0.508 e.